The Morgan fingerprint density at radius 2 is 2.14 bits per heavy atom. The van der Waals surface area contributed by atoms with E-state index in [0.717, 1.165) is 0 Å². The van der Waals surface area contributed by atoms with E-state index in [0.29, 0.717) is 11.4 Å². The lowest BCUT2D eigenvalue weighted by molar-refractivity contribution is -0.0196. The minimum absolute atomic E-state index is 0.0540. The maximum absolute atomic E-state index is 14.4. The van der Waals surface area contributed by atoms with Gasteiger partial charge in [0.2, 0.25) is 5.95 Å². The molecule has 2 heterocycles. The van der Waals surface area contributed by atoms with Crippen molar-refractivity contribution in [1.29, 1.82) is 0 Å². The molecule has 0 bridgehead atoms. The highest BCUT2D eigenvalue weighted by molar-refractivity contribution is 5.71. The highest BCUT2D eigenvalue weighted by atomic mass is 19.1. The van der Waals surface area contributed by atoms with Gasteiger partial charge in [0.25, 0.3) is 0 Å². The van der Waals surface area contributed by atoms with E-state index in [1.54, 1.807) is 6.92 Å². The van der Waals surface area contributed by atoms with Crippen molar-refractivity contribution in [3.05, 3.63) is 5.69 Å². The van der Waals surface area contributed by atoms with Gasteiger partial charge in [0.15, 0.2) is 11.5 Å². The van der Waals surface area contributed by atoms with Gasteiger partial charge in [-0.3, -0.25) is 4.99 Å². The largest absolute Gasteiger partial charge is 0.394 e. The Labute approximate surface area is 127 Å². The topological polar surface area (TPSA) is 140 Å². The van der Waals surface area contributed by atoms with Crippen LogP contribution < -0.4 is 11.5 Å². The highest BCUT2D eigenvalue weighted by Crippen LogP contribution is 2.36. The van der Waals surface area contributed by atoms with Crippen LogP contribution in [0.15, 0.2) is 4.99 Å². The lowest BCUT2D eigenvalue weighted by Crippen LogP contribution is -2.42. The summed E-state index contributed by atoms with van der Waals surface area (Å²) >= 11 is 0. The highest BCUT2D eigenvalue weighted by Gasteiger charge is 2.53. The summed E-state index contributed by atoms with van der Waals surface area (Å²) in [6, 6.07) is 0. The van der Waals surface area contributed by atoms with E-state index >= 15 is 0 Å². The van der Waals surface area contributed by atoms with Crippen LogP contribution in [-0.4, -0.2) is 57.0 Å². The first kappa shape index (κ1) is 16.5. The number of rotatable bonds is 4. The van der Waals surface area contributed by atoms with Gasteiger partial charge >= 0.3 is 0 Å². The Hall–Kier alpha value is -1.84. The summed E-state index contributed by atoms with van der Waals surface area (Å²) in [4.78, 5) is 11.9. The minimum Gasteiger partial charge on any atom is -0.394 e. The number of aromatic nitrogens is 2. The molecular weight excluding hydrogens is 293 g/mol. The van der Waals surface area contributed by atoms with Crippen LogP contribution in [0.5, 0.6) is 0 Å². The molecular formula is C13H20FN5O3. The molecule has 1 fully saturated rings. The number of hydrogen-bond acceptors (Lipinski definition) is 8. The molecule has 1 aliphatic heterocycles. The molecule has 6 N–H and O–H groups in total. The van der Waals surface area contributed by atoms with Crippen molar-refractivity contribution in [1.82, 2.24) is 9.97 Å². The average molecular weight is 313 g/mol. The number of aliphatic hydroxyl groups is 2. The summed E-state index contributed by atoms with van der Waals surface area (Å²) in [6.07, 6.45) is -1.72. The number of aryl methyl sites for hydroxylation is 1. The summed E-state index contributed by atoms with van der Waals surface area (Å²) < 4.78 is 19.7. The lowest BCUT2D eigenvalue weighted by Gasteiger charge is -2.22. The third-order valence-electron chi connectivity index (χ3n) is 3.72. The SMILES string of the molecule is Cc1nc(N)nc(N)c1N=CC[C@@H]1O[C@H](CO)C(O)[C@@]1(C)F. The van der Waals surface area contributed by atoms with Crippen LogP contribution in [0.25, 0.3) is 0 Å². The predicted octanol–water partition coefficient (Wildman–Crippen LogP) is -0.109. The summed E-state index contributed by atoms with van der Waals surface area (Å²) in [5.41, 5.74) is 10.1. The van der Waals surface area contributed by atoms with Crippen LogP contribution in [0.2, 0.25) is 0 Å². The normalized spacial score (nSPS) is 32.0. The predicted molar refractivity (Wildman–Crippen MR) is 79.6 cm³/mol. The van der Waals surface area contributed by atoms with Crippen molar-refractivity contribution in [2.24, 2.45) is 4.99 Å². The molecule has 1 saturated heterocycles. The molecule has 9 heteroatoms. The molecule has 0 saturated carbocycles. The van der Waals surface area contributed by atoms with E-state index in [1.165, 1.54) is 13.1 Å². The van der Waals surface area contributed by atoms with E-state index in [-0.39, 0.29) is 18.2 Å². The van der Waals surface area contributed by atoms with Gasteiger partial charge in [0.1, 0.15) is 17.9 Å². The van der Waals surface area contributed by atoms with Crippen molar-refractivity contribution < 1.29 is 19.3 Å². The third-order valence-corrected chi connectivity index (χ3v) is 3.72. The molecule has 2 rings (SSSR count). The Morgan fingerprint density at radius 3 is 2.68 bits per heavy atom. The van der Waals surface area contributed by atoms with Gasteiger partial charge in [-0.1, -0.05) is 0 Å². The number of hydrogen-bond donors (Lipinski definition) is 4. The zero-order valence-electron chi connectivity index (χ0n) is 12.4. The fourth-order valence-electron chi connectivity index (χ4n) is 2.41. The van der Waals surface area contributed by atoms with Gasteiger partial charge in [0.05, 0.1) is 18.4 Å². The van der Waals surface area contributed by atoms with Gasteiger partial charge in [-0.05, 0) is 13.8 Å². The second-order valence-corrected chi connectivity index (χ2v) is 5.39. The number of nitrogens with zero attached hydrogens (tertiary/aromatic N) is 3. The summed E-state index contributed by atoms with van der Waals surface area (Å²) in [6.45, 7) is 2.46. The quantitative estimate of drug-likeness (QED) is 0.568. The van der Waals surface area contributed by atoms with Gasteiger partial charge in [-0.15, -0.1) is 0 Å². The Morgan fingerprint density at radius 1 is 1.45 bits per heavy atom. The second kappa shape index (κ2) is 6.11. The maximum atomic E-state index is 14.4. The summed E-state index contributed by atoms with van der Waals surface area (Å²) in [5, 5.41) is 18.8. The first-order valence-electron chi connectivity index (χ1n) is 6.82. The molecule has 8 nitrogen and oxygen atoms in total. The smallest absolute Gasteiger partial charge is 0.222 e. The molecule has 0 aliphatic carbocycles. The van der Waals surface area contributed by atoms with Crippen LogP contribution >= 0.6 is 0 Å². The number of aliphatic imine (C=N–C) groups is 1. The van der Waals surface area contributed by atoms with Crippen molar-refractivity contribution in [2.45, 2.75) is 44.2 Å². The zero-order chi connectivity index (χ0) is 16.5. The Kier molecular flexibility index (Phi) is 4.59. The van der Waals surface area contributed by atoms with E-state index in [2.05, 4.69) is 15.0 Å². The number of halogens is 1. The maximum Gasteiger partial charge on any atom is 0.222 e. The molecule has 0 radical (unpaired) electrons. The monoisotopic (exact) mass is 313 g/mol. The van der Waals surface area contributed by atoms with Crippen LogP contribution in [-0.2, 0) is 4.74 Å². The van der Waals surface area contributed by atoms with Crippen molar-refractivity contribution >= 4 is 23.7 Å². The fraction of sp³-hybridized carbons (Fsp3) is 0.615. The number of nitrogens with two attached hydrogens (primary N) is 2. The van der Waals surface area contributed by atoms with Gasteiger partial charge in [-0.25, -0.2) is 9.37 Å². The van der Waals surface area contributed by atoms with Crippen LogP contribution in [0.1, 0.15) is 19.0 Å². The Balaban J connectivity index is 2.10. The number of nitrogen functional groups attached to an aromatic ring is 2. The molecule has 0 amide bonds. The van der Waals surface area contributed by atoms with E-state index < -0.39 is 30.6 Å². The third kappa shape index (κ3) is 3.01. The molecule has 1 aromatic heterocycles. The zero-order valence-corrected chi connectivity index (χ0v) is 12.4. The first-order chi connectivity index (χ1) is 10.3. The average Bonchev–Trinajstić information content (AvgIpc) is 2.64. The lowest BCUT2D eigenvalue weighted by atomic mass is 9.93. The minimum atomic E-state index is -1.97. The molecule has 0 spiro atoms. The molecule has 22 heavy (non-hydrogen) atoms. The van der Waals surface area contributed by atoms with Crippen molar-refractivity contribution in [3.8, 4) is 0 Å². The number of anilines is 2. The Bertz CT molecular complexity index is 558. The van der Waals surface area contributed by atoms with E-state index in [4.69, 9.17) is 21.3 Å². The number of ether oxygens (including phenoxy) is 1. The van der Waals surface area contributed by atoms with Crippen LogP contribution in [0.3, 0.4) is 0 Å². The van der Waals surface area contributed by atoms with Gasteiger partial charge in [0, 0.05) is 12.6 Å². The molecule has 4 atom stereocenters. The van der Waals surface area contributed by atoms with Crippen LogP contribution in [0, 0.1) is 6.92 Å². The van der Waals surface area contributed by atoms with E-state index in [1.807, 2.05) is 0 Å². The second-order valence-electron chi connectivity index (χ2n) is 5.39. The summed E-state index contributed by atoms with van der Waals surface area (Å²) in [5.74, 6) is 0.184. The van der Waals surface area contributed by atoms with Gasteiger partial charge in [-0.2, -0.15) is 4.98 Å². The number of alkyl halides is 1. The van der Waals surface area contributed by atoms with Crippen LogP contribution in [0.4, 0.5) is 21.8 Å². The molecule has 1 aliphatic rings. The number of aliphatic hydroxyl groups excluding tert-OH is 2. The standard InChI is InChI=1S/C13H20FN5O3/c1-6-9(11(15)19-12(16)18-6)17-4-3-8-13(2,14)10(21)7(5-20)22-8/h4,7-8,10,20-21H,3,5H2,1-2H3,(H4,15,16,18,19)/t7-,8+,10?,13+/m1/s1. The van der Waals surface area contributed by atoms with E-state index in [9.17, 15) is 9.50 Å². The first-order valence-corrected chi connectivity index (χ1v) is 6.82. The molecule has 1 aromatic rings. The fourth-order valence-corrected chi connectivity index (χ4v) is 2.41. The van der Waals surface area contributed by atoms with Crippen molar-refractivity contribution in [2.75, 3.05) is 18.1 Å². The van der Waals surface area contributed by atoms with Crippen molar-refractivity contribution in [3.63, 3.8) is 0 Å². The molecule has 1 unspecified atom stereocenters. The molecule has 0 aromatic carbocycles. The summed E-state index contributed by atoms with van der Waals surface area (Å²) in [7, 11) is 0. The molecule has 122 valence electrons. The van der Waals surface area contributed by atoms with Gasteiger partial charge < -0.3 is 26.4 Å².